The normalized spacial score (nSPS) is 22.8. The second-order valence-electron chi connectivity index (χ2n) is 8.03. The van der Waals surface area contributed by atoms with Gasteiger partial charge in [-0.3, -0.25) is 9.89 Å². The first-order valence-corrected chi connectivity index (χ1v) is 11.1. The first-order valence-electron chi connectivity index (χ1n) is 11.1. The largest absolute Gasteiger partial charge is 0.416 e. The Kier molecular flexibility index (Phi) is 8.98. The van der Waals surface area contributed by atoms with E-state index in [1.807, 2.05) is 6.92 Å². The highest BCUT2D eigenvalue weighted by atomic mass is 19.4. The first-order chi connectivity index (χ1) is 14.9. The van der Waals surface area contributed by atoms with E-state index in [-0.39, 0.29) is 12.1 Å². The number of likely N-dealkylation sites (tertiary alicyclic amines) is 1. The lowest BCUT2D eigenvalue weighted by Gasteiger charge is -2.19. The number of hydrogen-bond donors (Lipinski definition) is 2. The summed E-state index contributed by atoms with van der Waals surface area (Å²) in [7, 11) is 0. The number of alkyl halides is 3. The SMILES string of the molecule is CCNC(=NCCOCC1CCCO1)NC1CCN(Cc2ccc(C(F)(F)F)cc2)C1. The van der Waals surface area contributed by atoms with Crippen molar-refractivity contribution in [3.63, 3.8) is 0 Å². The molecule has 0 radical (unpaired) electrons. The van der Waals surface area contributed by atoms with E-state index in [1.54, 1.807) is 12.1 Å². The predicted molar refractivity (Wildman–Crippen MR) is 114 cm³/mol. The summed E-state index contributed by atoms with van der Waals surface area (Å²) in [5.41, 5.74) is 0.279. The number of benzene rings is 1. The maximum atomic E-state index is 12.7. The van der Waals surface area contributed by atoms with Crippen LogP contribution >= 0.6 is 0 Å². The fourth-order valence-corrected chi connectivity index (χ4v) is 3.88. The van der Waals surface area contributed by atoms with Crippen LogP contribution in [-0.4, -0.2) is 69.0 Å². The monoisotopic (exact) mass is 442 g/mol. The highest BCUT2D eigenvalue weighted by Gasteiger charge is 2.30. The highest BCUT2D eigenvalue weighted by Crippen LogP contribution is 2.29. The second-order valence-corrected chi connectivity index (χ2v) is 8.03. The number of ether oxygens (including phenoxy) is 2. The molecule has 2 atom stereocenters. The van der Waals surface area contributed by atoms with Crippen molar-refractivity contribution in [1.82, 2.24) is 15.5 Å². The Morgan fingerprint density at radius 2 is 2.06 bits per heavy atom. The number of nitrogens with zero attached hydrogens (tertiary/aromatic N) is 2. The fraction of sp³-hybridized carbons (Fsp3) is 0.682. The van der Waals surface area contributed by atoms with Crippen LogP contribution in [0.2, 0.25) is 0 Å². The van der Waals surface area contributed by atoms with Crippen LogP contribution in [0.25, 0.3) is 0 Å². The van der Waals surface area contributed by atoms with Crippen LogP contribution in [0.1, 0.15) is 37.3 Å². The van der Waals surface area contributed by atoms with Crippen molar-refractivity contribution < 1.29 is 22.6 Å². The smallest absolute Gasteiger partial charge is 0.377 e. The number of rotatable bonds is 9. The van der Waals surface area contributed by atoms with Crippen LogP contribution in [0.3, 0.4) is 0 Å². The number of nitrogens with one attached hydrogen (secondary N) is 2. The number of guanidine groups is 1. The fourth-order valence-electron chi connectivity index (χ4n) is 3.88. The van der Waals surface area contributed by atoms with E-state index in [9.17, 15) is 13.2 Å². The standard InChI is InChI=1S/C22H33F3N4O2/c1-2-26-21(27-10-13-30-16-20-4-3-12-31-20)28-19-9-11-29(15-19)14-17-5-7-18(8-6-17)22(23,24)25/h5-8,19-20H,2-4,9-16H2,1H3,(H2,26,27,28). The lowest BCUT2D eigenvalue weighted by Crippen LogP contribution is -2.44. The lowest BCUT2D eigenvalue weighted by atomic mass is 10.1. The van der Waals surface area contributed by atoms with Crippen LogP contribution < -0.4 is 10.6 Å². The highest BCUT2D eigenvalue weighted by molar-refractivity contribution is 5.80. The molecule has 2 N–H and O–H groups in total. The summed E-state index contributed by atoms with van der Waals surface area (Å²) < 4.78 is 49.3. The molecule has 1 aromatic carbocycles. The van der Waals surface area contributed by atoms with Gasteiger partial charge >= 0.3 is 6.18 Å². The maximum Gasteiger partial charge on any atom is 0.416 e. The Bertz CT molecular complexity index is 691. The Hall–Kier alpha value is -1.84. The summed E-state index contributed by atoms with van der Waals surface area (Å²) in [6, 6.07) is 5.67. The van der Waals surface area contributed by atoms with Gasteiger partial charge < -0.3 is 20.1 Å². The zero-order valence-corrected chi connectivity index (χ0v) is 18.1. The second kappa shape index (κ2) is 11.7. The van der Waals surface area contributed by atoms with Crippen molar-refractivity contribution in [2.75, 3.05) is 46.0 Å². The molecule has 0 amide bonds. The van der Waals surface area contributed by atoms with Gasteiger partial charge in [0.25, 0.3) is 0 Å². The summed E-state index contributed by atoms with van der Waals surface area (Å²) >= 11 is 0. The van der Waals surface area contributed by atoms with Crippen molar-refractivity contribution in [2.24, 2.45) is 4.99 Å². The third-order valence-corrected chi connectivity index (χ3v) is 5.48. The van der Waals surface area contributed by atoms with Gasteiger partial charge in [0.05, 0.1) is 31.4 Å². The molecule has 6 nitrogen and oxygen atoms in total. The Morgan fingerprint density at radius 1 is 1.26 bits per heavy atom. The van der Waals surface area contributed by atoms with Gasteiger partial charge in [0.1, 0.15) is 0 Å². The molecule has 2 fully saturated rings. The van der Waals surface area contributed by atoms with Gasteiger partial charge in [0.15, 0.2) is 5.96 Å². The molecular weight excluding hydrogens is 409 g/mol. The molecule has 0 aliphatic carbocycles. The Morgan fingerprint density at radius 3 is 2.74 bits per heavy atom. The third-order valence-electron chi connectivity index (χ3n) is 5.48. The van der Waals surface area contributed by atoms with Gasteiger partial charge in [0.2, 0.25) is 0 Å². The molecular formula is C22H33F3N4O2. The van der Waals surface area contributed by atoms with Gasteiger partial charge in [-0.15, -0.1) is 0 Å². The minimum absolute atomic E-state index is 0.226. The minimum atomic E-state index is -4.29. The topological polar surface area (TPSA) is 58.1 Å². The van der Waals surface area contributed by atoms with Crippen LogP contribution in [0.15, 0.2) is 29.3 Å². The van der Waals surface area contributed by atoms with E-state index in [1.165, 1.54) is 0 Å². The van der Waals surface area contributed by atoms with Gasteiger partial charge in [-0.05, 0) is 43.9 Å². The molecule has 2 saturated heterocycles. The van der Waals surface area contributed by atoms with E-state index in [0.29, 0.717) is 26.3 Å². The van der Waals surface area contributed by atoms with E-state index in [0.717, 1.165) is 69.2 Å². The molecule has 3 rings (SSSR count). The van der Waals surface area contributed by atoms with E-state index >= 15 is 0 Å². The Balaban J connectivity index is 1.40. The average molecular weight is 443 g/mol. The van der Waals surface area contributed by atoms with Crippen molar-refractivity contribution in [3.8, 4) is 0 Å². The van der Waals surface area contributed by atoms with E-state index in [4.69, 9.17) is 9.47 Å². The quantitative estimate of drug-likeness (QED) is 0.350. The summed E-state index contributed by atoms with van der Waals surface area (Å²) in [6.07, 6.45) is -0.931. The average Bonchev–Trinajstić information content (AvgIpc) is 3.40. The molecule has 0 bridgehead atoms. The summed E-state index contributed by atoms with van der Waals surface area (Å²) in [6.45, 7) is 7.73. The zero-order valence-electron chi connectivity index (χ0n) is 18.1. The molecule has 31 heavy (non-hydrogen) atoms. The third kappa shape index (κ3) is 7.97. The number of aliphatic imine (C=N–C) groups is 1. The lowest BCUT2D eigenvalue weighted by molar-refractivity contribution is -0.137. The Labute approximate surface area is 182 Å². The molecule has 174 valence electrons. The van der Waals surface area contributed by atoms with Gasteiger partial charge in [-0.1, -0.05) is 12.1 Å². The molecule has 1 aromatic rings. The molecule has 2 aliphatic heterocycles. The molecule has 2 unspecified atom stereocenters. The van der Waals surface area contributed by atoms with Crippen molar-refractivity contribution >= 4 is 5.96 Å². The van der Waals surface area contributed by atoms with Crippen molar-refractivity contribution in [2.45, 2.75) is 51.1 Å². The zero-order chi connectivity index (χ0) is 22.1. The maximum absolute atomic E-state index is 12.7. The molecule has 0 aromatic heterocycles. The minimum Gasteiger partial charge on any atom is -0.377 e. The van der Waals surface area contributed by atoms with Crippen LogP contribution in [-0.2, 0) is 22.2 Å². The van der Waals surface area contributed by atoms with Gasteiger partial charge in [0, 0.05) is 38.8 Å². The van der Waals surface area contributed by atoms with Crippen molar-refractivity contribution in [3.05, 3.63) is 35.4 Å². The summed E-state index contributed by atoms with van der Waals surface area (Å²) in [5.74, 6) is 0.768. The van der Waals surface area contributed by atoms with Crippen LogP contribution in [0.5, 0.6) is 0 Å². The summed E-state index contributed by atoms with van der Waals surface area (Å²) in [4.78, 5) is 6.83. The van der Waals surface area contributed by atoms with Gasteiger partial charge in [-0.25, -0.2) is 0 Å². The molecule has 0 saturated carbocycles. The summed E-state index contributed by atoms with van der Waals surface area (Å²) in [5, 5.41) is 6.72. The molecule has 0 spiro atoms. The van der Waals surface area contributed by atoms with Gasteiger partial charge in [-0.2, -0.15) is 13.2 Å². The molecule has 2 heterocycles. The van der Waals surface area contributed by atoms with E-state index < -0.39 is 11.7 Å². The van der Waals surface area contributed by atoms with Crippen LogP contribution in [0.4, 0.5) is 13.2 Å². The predicted octanol–water partition coefficient (Wildman–Crippen LogP) is 3.03. The van der Waals surface area contributed by atoms with Crippen LogP contribution in [0, 0.1) is 0 Å². The molecule has 9 heteroatoms. The van der Waals surface area contributed by atoms with Crippen molar-refractivity contribution in [1.29, 1.82) is 0 Å². The molecule has 2 aliphatic rings. The number of halogens is 3. The van der Waals surface area contributed by atoms with E-state index in [2.05, 4.69) is 20.5 Å². The first kappa shape index (κ1) is 23.8. The number of hydrogen-bond acceptors (Lipinski definition) is 4.